The highest BCUT2D eigenvalue weighted by Crippen LogP contribution is 2.43. The highest BCUT2D eigenvalue weighted by Gasteiger charge is 2.49. The first kappa shape index (κ1) is 11.2. The molecule has 3 nitrogen and oxygen atoms in total. The highest BCUT2D eigenvalue weighted by atomic mass is 16.3. The van der Waals surface area contributed by atoms with Crippen LogP contribution in [0.4, 0.5) is 0 Å². The maximum atomic E-state index is 8.98. The summed E-state index contributed by atoms with van der Waals surface area (Å²) >= 11 is 0. The number of hydrogen-bond acceptors (Lipinski definition) is 3. The van der Waals surface area contributed by atoms with Crippen LogP contribution in [0.3, 0.4) is 0 Å². The molecule has 0 atom stereocenters. The van der Waals surface area contributed by atoms with E-state index in [0.717, 1.165) is 31.1 Å². The molecule has 0 unspecified atom stereocenters. The van der Waals surface area contributed by atoms with Gasteiger partial charge in [0.2, 0.25) is 0 Å². The van der Waals surface area contributed by atoms with Crippen LogP contribution in [-0.2, 0) is 13.2 Å². The van der Waals surface area contributed by atoms with Gasteiger partial charge in [-0.05, 0) is 29.9 Å². The average molecular weight is 232 g/mol. The van der Waals surface area contributed by atoms with E-state index in [1.807, 2.05) is 12.1 Å². The minimum atomic E-state index is 0.116. The van der Waals surface area contributed by atoms with Crippen LogP contribution in [0.1, 0.15) is 24.0 Å². The Bertz CT molecular complexity index is 391. The molecule has 0 aromatic heterocycles. The molecule has 1 saturated carbocycles. The van der Waals surface area contributed by atoms with Crippen LogP contribution >= 0.6 is 0 Å². The lowest BCUT2D eigenvalue weighted by molar-refractivity contribution is 0.0478. The molecule has 0 amide bonds. The van der Waals surface area contributed by atoms with Crippen molar-refractivity contribution < 1.29 is 5.11 Å². The van der Waals surface area contributed by atoms with Crippen molar-refractivity contribution in [1.29, 1.82) is 0 Å². The van der Waals surface area contributed by atoms with Gasteiger partial charge in [0.1, 0.15) is 0 Å². The summed E-state index contributed by atoms with van der Waals surface area (Å²) in [5.74, 6) is 0.788. The van der Waals surface area contributed by atoms with Crippen molar-refractivity contribution in [3.05, 3.63) is 35.4 Å². The molecule has 1 aromatic carbocycles. The van der Waals surface area contributed by atoms with Crippen LogP contribution in [0, 0.1) is 5.92 Å². The fraction of sp³-hybridized carbons (Fsp3) is 0.571. The second-order valence-corrected chi connectivity index (χ2v) is 5.63. The Morgan fingerprint density at radius 2 is 1.76 bits per heavy atom. The van der Waals surface area contributed by atoms with Crippen molar-refractivity contribution in [1.82, 2.24) is 4.90 Å². The minimum absolute atomic E-state index is 0.116. The number of likely N-dealkylation sites (tertiary alicyclic amines) is 1. The van der Waals surface area contributed by atoms with E-state index < -0.39 is 0 Å². The zero-order valence-corrected chi connectivity index (χ0v) is 10.1. The third-order valence-electron chi connectivity index (χ3n) is 4.04. The molecule has 1 aliphatic heterocycles. The molecule has 92 valence electrons. The van der Waals surface area contributed by atoms with Crippen LogP contribution in [0.5, 0.6) is 0 Å². The molecule has 17 heavy (non-hydrogen) atoms. The average Bonchev–Trinajstić information content (AvgIpc) is 3.12. The molecule has 0 radical (unpaired) electrons. The van der Waals surface area contributed by atoms with E-state index in [9.17, 15) is 0 Å². The zero-order valence-electron chi connectivity index (χ0n) is 10.1. The van der Waals surface area contributed by atoms with E-state index >= 15 is 0 Å². The number of aliphatic hydroxyl groups is 1. The van der Waals surface area contributed by atoms with Crippen molar-refractivity contribution in [2.45, 2.75) is 31.5 Å². The van der Waals surface area contributed by atoms with Gasteiger partial charge >= 0.3 is 0 Å². The molecule has 0 spiro atoms. The van der Waals surface area contributed by atoms with Crippen molar-refractivity contribution in [2.24, 2.45) is 11.7 Å². The Hall–Kier alpha value is -0.900. The third-order valence-corrected chi connectivity index (χ3v) is 4.04. The Morgan fingerprint density at radius 3 is 2.29 bits per heavy atom. The van der Waals surface area contributed by atoms with Crippen LogP contribution in [0.15, 0.2) is 24.3 Å². The number of hydrogen-bond donors (Lipinski definition) is 2. The summed E-state index contributed by atoms with van der Waals surface area (Å²) in [4.78, 5) is 2.41. The molecule has 2 fully saturated rings. The molecule has 3 N–H and O–H groups in total. The summed E-state index contributed by atoms with van der Waals surface area (Å²) in [5, 5.41) is 8.98. The molecule has 2 aliphatic rings. The minimum Gasteiger partial charge on any atom is -0.392 e. The van der Waals surface area contributed by atoms with Gasteiger partial charge in [-0.3, -0.25) is 4.90 Å². The van der Waals surface area contributed by atoms with E-state index in [-0.39, 0.29) is 12.1 Å². The first-order chi connectivity index (χ1) is 8.19. The van der Waals surface area contributed by atoms with Gasteiger partial charge in [-0.2, -0.15) is 0 Å². The summed E-state index contributed by atoms with van der Waals surface area (Å²) in [6.07, 6.45) is 2.66. The Labute approximate surface area is 102 Å². The molecule has 0 bridgehead atoms. The first-order valence-corrected chi connectivity index (χ1v) is 6.39. The molecular formula is C14H20N2O. The number of nitrogens with zero attached hydrogens (tertiary/aromatic N) is 1. The maximum Gasteiger partial charge on any atom is 0.0681 e. The van der Waals surface area contributed by atoms with Gasteiger partial charge in [0.15, 0.2) is 0 Å². The topological polar surface area (TPSA) is 49.5 Å². The molecule has 1 saturated heterocycles. The van der Waals surface area contributed by atoms with Gasteiger partial charge in [-0.15, -0.1) is 0 Å². The fourth-order valence-electron chi connectivity index (χ4n) is 2.82. The molecule has 1 aliphatic carbocycles. The van der Waals surface area contributed by atoms with E-state index in [2.05, 4.69) is 17.0 Å². The molecule has 1 heterocycles. The molecule has 3 heteroatoms. The van der Waals surface area contributed by atoms with Crippen LogP contribution in [0.25, 0.3) is 0 Å². The van der Waals surface area contributed by atoms with E-state index in [1.54, 1.807) is 0 Å². The molecule has 3 rings (SSSR count). The lowest BCUT2D eigenvalue weighted by Gasteiger charge is -2.48. The Morgan fingerprint density at radius 1 is 1.18 bits per heavy atom. The standard InChI is InChI=1S/C14H20N2O/c15-14(13-5-6-13)9-16(10-14)7-11-1-3-12(8-17)4-2-11/h1-4,13,17H,5-10,15H2. The quantitative estimate of drug-likeness (QED) is 0.817. The highest BCUT2D eigenvalue weighted by molar-refractivity contribution is 5.22. The number of nitrogens with two attached hydrogens (primary N) is 1. The Balaban J connectivity index is 1.54. The SMILES string of the molecule is NC1(C2CC2)CN(Cc2ccc(CO)cc2)C1. The van der Waals surface area contributed by atoms with Gasteiger partial charge in [-0.25, -0.2) is 0 Å². The van der Waals surface area contributed by atoms with Gasteiger partial charge in [0, 0.05) is 25.2 Å². The number of aliphatic hydroxyl groups excluding tert-OH is 1. The lowest BCUT2D eigenvalue weighted by Crippen LogP contribution is -2.68. The van der Waals surface area contributed by atoms with Crippen molar-refractivity contribution in [2.75, 3.05) is 13.1 Å². The lowest BCUT2D eigenvalue weighted by atomic mass is 9.85. The van der Waals surface area contributed by atoms with Gasteiger partial charge in [-0.1, -0.05) is 24.3 Å². The van der Waals surface area contributed by atoms with E-state index in [0.29, 0.717) is 0 Å². The van der Waals surface area contributed by atoms with Crippen LogP contribution in [-0.4, -0.2) is 28.6 Å². The smallest absolute Gasteiger partial charge is 0.0681 e. The predicted molar refractivity (Wildman–Crippen MR) is 67.3 cm³/mol. The third kappa shape index (κ3) is 2.23. The van der Waals surface area contributed by atoms with Crippen molar-refractivity contribution in [3.8, 4) is 0 Å². The summed E-state index contributed by atoms with van der Waals surface area (Å²) in [6, 6.07) is 8.18. The van der Waals surface area contributed by atoms with E-state index in [4.69, 9.17) is 10.8 Å². The number of rotatable bonds is 4. The summed E-state index contributed by atoms with van der Waals surface area (Å²) in [6.45, 7) is 3.19. The predicted octanol–water partition coefficient (Wildman–Crippen LogP) is 1.10. The second kappa shape index (κ2) is 4.09. The second-order valence-electron chi connectivity index (χ2n) is 5.63. The summed E-state index contributed by atoms with van der Waals surface area (Å²) in [5.41, 5.74) is 8.72. The largest absolute Gasteiger partial charge is 0.392 e. The van der Waals surface area contributed by atoms with Crippen LogP contribution in [0.2, 0.25) is 0 Å². The normalized spacial score (nSPS) is 23.4. The van der Waals surface area contributed by atoms with Crippen LogP contribution < -0.4 is 5.73 Å². The first-order valence-electron chi connectivity index (χ1n) is 6.39. The fourth-order valence-corrected chi connectivity index (χ4v) is 2.82. The van der Waals surface area contributed by atoms with Crippen molar-refractivity contribution >= 4 is 0 Å². The monoisotopic (exact) mass is 232 g/mol. The molecular weight excluding hydrogens is 212 g/mol. The van der Waals surface area contributed by atoms with Gasteiger partial charge < -0.3 is 10.8 Å². The van der Waals surface area contributed by atoms with Gasteiger partial charge in [0.25, 0.3) is 0 Å². The van der Waals surface area contributed by atoms with E-state index in [1.165, 1.54) is 18.4 Å². The Kier molecular flexibility index (Phi) is 2.69. The van der Waals surface area contributed by atoms with Gasteiger partial charge in [0.05, 0.1) is 6.61 Å². The maximum absolute atomic E-state index is 8.98. The summed E-state index contributed by atoms with van der Waals surface area (Å²) in [7, 11) is 0. The van der Waals surface area contributed by atoms with Crippen molar-refractivity contribution in [3.63, 3.8) is 0 Å². The number of benzene rings is 1. The summed E-state index contributed by atoms with van der Waals surface area (Å²) < 4.78 is 0. The zero-order chi connectivity index (χ0) is 11.9. The molecule has 1 aromatic rings.